The van der Waals surface area contributed by atoms with Gasteiger partial charge in [0.15, 0.2) is 0 Å². The fraction of sp³-hybridized carbons (Fsp3) is 0.467. The quantitative estimate of drug-likeness (QED) is 0.867. The van der Waals surface area contributed by atoms with Crippen molar-refractivity contribution in [1.29, 1.82) is 0 Å². The van der Waals surface area contributed by atoms with Crippen LogP contribution in [0.3, 0.4) is 0 Å². The van der Waals surface area contributed by atoms with Gasteiger partial charge in [0.25, 0.3) is 0 Å². The van der Waals surface area contributed by atoms with E-state index in [1.54, 1.807) is 4.90 Å². The van der Waals surface area contributed by atoms with Crippen molar-refractivity contribution in [3.63, 3.8) is 0 Å². The van der Waals surface area contributed by atoms with Gasteiger partial charge in [-0.2, -0.15) is 11.8 Å². The molecule has 0 bridgehead atoms. The molecule has 3 rings (SSSR count). The molecule has 6 heteroatoms. The number of rotatable bonds is 3. The molecule has 112 valence electrons. The van der Waals surface area contributed by atoms with Crippen LogP contribution in [-0.4, -0.2) is 36.0 Å². The number of carbonyl (C=O) groups is 1. The zero-order valence-corrected chi connectivity index (χ0v) is 13.6. The number of aryl methyl sites for hydroxylation is 1. The molecule has 0 aromatic heterocycles. The first kappa shape index (κ1) is 14.7. The summed E-state index contributed by atoms with van der Waals surface area (Å²) < 4.78 is 5.38. The molecule has 2 aliphatic rings. The number of anilines is 1. The van der Waals surface area contributed by atoms with E-state index >= 15 is 0 Å². The number of cyclic esters (lactones) is 1. The summed E-state index contributed by atoms with van der Waals surface area (Å²) >= 11 is 6.92. The minimum Gasteiger partial charge on any atom is -0.442 e. The first-order valence-electron chi connectivity index (χ1n) is 7.05. The van der Waals surface area contributed by atoms with Crippen LogP contribution in [0.2, 0.25) is 0 Å². The van der Waals surface area contributed by atoms with Crippen molar-refractivity contribution < 1.29 is 9.53 Å². The van der Waals surface area contributed by atoms with E-state index in [2.05, 4.69) is 17.4 Å². The molecule has 21 heavy (non-hydrogen) atoms. The summed E-state index contributed by atoms with van der Waals surface area (Å²) in [6, 6.07) is 6.30. The van der Waals surface area contributed by atoms with Gasteiger partial charge in [0.05, 0.1) is 18.1 Å². The van der Waals surface area contributed by atoms with Crippen molar-refractivity contribution in [2.24, 2.45) is 0 Å². The Hall–Kier alpha value is -1.27. The molecule has 4 nitrogen and oxygen atoms in total. The maximum absolute atomic E-state index is 12.0. The summed E-state index contributed by atoms with van der Waals surface area (Å²) in [6.45, 7) is 2.96. The highest BCUT2D eigenvalue weighted by Gasteiger charge is 2.32. The van der Waals surface area contributed by atoms with Crippen LogP contribution in [0.4, 0.5) is 10.5 Å². The topological polar surface area (TPSA) is 41.6 Å². The normalized spacial score (nSPS) is 20.9. The molecule has 1 saturated heterocycles. The molecular weight excluding hydrogens is 304 g/mol. The number of thiocarbonyl (C=S) groups is 1. The summed E-state index contributed by atoms with van der Waals surface area (Å²) in [5.74, 6) is 2.21. The van der Waals surface area contributed by atoms with E-state index in [1.807, 2.05) is 24.8 Å². The second-order valence-electron chi connectivity index (χ2n) is 5.31. The van der Waals surface area contributed by atoms with Crippen LogP contribution in [-0.2, 0) is 16.9 Å². The Morgan fingerprint density at radius 1 is 1.52 bits per heavy atom. The molecule has 2 aliphatic heterocycles. The van der Waals surface area contributed by atoms with E-state index in [4.69, 9.17) is 17.0 Å². The average Bonchev–Trinajstić information content (AvgIpc) is 2.86. The molecule has 0 aliphatic carbocycles. The predicted octanol–water partition coefficient (Wildman–Crippen LogP) is 2.74. The Morgan fingerprint density at radius 3 is 3.19 bits per heavy atom. The summed E-state index contributed by atoms with van der Waals surface area (Å²) in [6.07, 6.45) is 0.693. The van der Waals surface area contributed by atoms with Crippen LogP contribution >= 0.6 is 24.0 Å². The number of thioether (sulfide) groups is 1. The minimum absolute atomic E-state index is 0.152. The number of nitrogens with one attached hydrogen (secondary N) is 1. The van der Waals surface area contributed by atoms with Crippen LogP contribution in [0.15, 0.2) is 18.2 Å². The smallest absolute Gasteiger partial charge is 0.414 e. The van der Waals surface area contributed by atoms with Crippen LogP contribution < -0.4 is 10.2 Å². The van der Waals surface area contributed by atoms with Gasteiger partial charge in [-0.25, -0.2) is 4.79 Å². The molecule has 1 aromatic rings. The van der Waals surface area contributed by atoms with Crippen molar-refractivity contribution in [2.75, 3.05) is 23.7 Å². The Kier molecular flexibility index (Phi) is 4.35. The fourth-order valence-corrected chi connectivity index (χ4v) is 3.70. The minimum atomic E-state index is -0.271. The van der Waals surface area contributed by atoms with Crippen molar-refractivity contribution >= 4 is 40.7 Å². The van der Waals surface area contributed by atoms with E-state index in [0.29, 0.717) is 13.1 Å². The van der Waals surface area contributed by atoms with E-state index < -0.39 is 0 Å². The molecule has 1 amide bonds. The van der Waals surface area contributed by atoms with Gasteiger partial charge in [-0.05, 0) is 42.4 Å². The molecule has 0 saturated carbocycles. The molecule has 1 N–H and O–H groups in total. The molecule has 1 atom stereocenters. The largest absolute Gasteiger partial charge is 0.442 e. The number of fused-ring (bicyclic) bond motifs is 1. The Balaban J connectivity index is 1.72. The first-order chi connectivity index (χ1) is 10.1. The summed E-state index contributed by atoms with van der Waals surface area (Å²) in [5, 5.41) is 3.05. The van der Waals surface area contributed by atoms with Crippen LogP contribution in [0.25, 0.3) is 0 Å². The number of ether oxygens (including phenoxy) is 1. The summed E-state index contributed by atoms with van der Waals surface area (Å²) in [5.41, 5.74) is 3.68. The van der Waals surface area contributed by atoms with Gasteiger partial charge < -0.3 is 10.1 Å². The lowest BCUT2D eigenvalue weighted by molar-refractivity contribution is 0.143. The lowest BCUT2D eigenvalue weighted by Crippen LogP contribution is -2.32. The zero-order valence-electron chi connectivity index (χ0n) is 11.9. The van der Waals surface area contributed by atoms with Crippen molar-refractivity contribution in [2.45, 2.75) is 25.2 Å². The van der Waals surface area contributed by atoms with Crippen molar-refractivity contribution in [1.82, 2.24) is 5.32 Å². The highest BCUT2D eigenvalue weighted by molar-refractivity contribution is 7.98. The highest BCUT2D eigenvalue weighted by atomic mass is 32.2. The molecule has 0 spiro atoms. The third-order valence-corrected chi connectivity index (χ3v) is 4.88. The molecule has 1 aromatic carbocycles. The molecular formula is C15H18N2O2S2. The standard InChI is InChI=1S/C15H18N2O2S2/c1-10(20)16-7-14-8-17(15(18)19-14)13-3-2-11-4-5-21-9-12(11)6-13/h2-3,6,14H,4-5,7-9H2,1H3,(H,16,20). The van der Waals surface area contributed by atoms with E-state index in [-0.39, 0.29) is 12.2 Å². The van der Waals surface area contributed by atoms with Gasteiger partial charge in [0, 0.05) is 11.4 Å². The van der Waals surface area contributed by atoms with E-state index in [9.17, 15) is 4.79 Å². The highest BCUT2D eigenvalue weighted by Crippen LogP contribution is 2.30. The Morgan fingerprint density at radius 2 is 2.38 bits per heavy atom. The fourth-order valence-electron chi connectivity index (χ4n) is 2.62. The van der Waals surface area contributed by atoms with Crippen LogP contribution in [0.1, 0.15) is 18.1 Å². The second kappa shape index (κ2) is 6.23. The maximum atomic E-state index is 12.0. The lowest BCUT2D eigenvalue weighted by Gasteiger charge is -2.19. The van der Waals surface area contributed by atoms with E-state index in [0.717, 1.165) is 22.8 Å². The number of benzene rings is 1. The average molecular weight is 322 g/mol. The van der Waals surface area contributed by atoms with E-state index in [1.165, 1.54) is 16.9 Å². The van der Waals surface area contributed by atoms with Crippen molar-refractivity contribution in [3.8, 4) is 0 Å². The van der Waals surface area contributed by atoms with Gasteiger partial charge in [-0.3, -0.25) is 4.90 Å². The first-order valence-corrected chi connectivity index (χ1v) is 8.62. The monoisotopic (exact) mass is 322 g/mol. The van der Waals surface area contributed by atoms with Gasteiger partial charge in [-0.15, -0.1) is 0 Å². The number of nitrogens with zero attached hydrogens (tertiary/aromatic N) is 1. The Bertz CT molecular complexity index is 577. The molecule has 0 radical (unpaired) electrons. The van der Waals surface area contributed by atoms with Gasteiger partial charge in [0.2, 0.25) is 0 Å². The van der Waals surface area contributed by atoms with Gasteiger partial charge in [0.1, 0.15) is 6.10 Å². The molecule has 2 heterocycles. The maximum Gasteiger partial charge on any atom is 0.414 e. The Labute approximate surface area is 134 Å². The number of carbonyl (C=O) groups excluding carboxylic acids is 1. The molecule has 1 unspecified atom stereocenters. The summed E-state index contributed by atoms with van der Waals surface area (Å²) in [7, 11) is 0. The van der Waals surface area contributed by atoms with Crippen LogP contribution in [0.5, 0.6) is 0 Å². The number of amides is 1. The number of hydrogen-bond donors (Lipinski definition) is 1. The summed E-state index contributed by atoms with van der Waals surface area (Å²) in [4.78, 5) is 14.5. The molecule has 1 fully saturated rings. The van der Waals surface area contributed by atoms with Crippen LogP contribution in [0, 0.1) is 0 Å². The van der Waals surface area contributed by atoms with Gasteiger partial charge >= 0.3 is 6.09 Å². The predicted molar refractivity (Wildman–Crippen MR) is 90.2 cm³/mol. The van der Waals surface area contributed by atoms with Gasteiger partial charge in [-0.1, -0.05) is 18.3 Å². The number of hydrogen-bond acceptors (Lipinski definition) is 4. The third kappa shape index (κ3) is 3.32. The zero-order chi connectivity index (χ0) is 14.8. The second-order valence-corrected chi connectivity index (χ2v) is 7.03. The third-order valence-electron chi connectivity index (χ3n) is 3.73. The lowest BCUT2D eigenvalue weighted by atomic mass is 10.0. The van der Waals surface area contributed by atoms with Crippen molar-refractivity contribution in [3.05, 3.63) is 29.3 Å². The SMILES string of the molecule is CC(=S)NCC1CN(c2ccc3c(c2)CSCC3)C(=O)O1.